The molecule has 1 atom stereocenters. The summed E-state index contributed by atoms with van der Waals surface area (Å²) in [7, 11) is 2.36. The van der Waals surface area contributed by atoms with Crippen molar-refractivity contribution in [3.05, 3.63) is 0 Å². The van der Waals surface area contributed by atoms with Crippen molar-refractivity contribution in [2.24, 2.45) is 10.8 Å². The van der Waals surface area contributed by atoms with E-state index in [2.05, 4.69) is 45.0 Å². The molecule has 1 aliphatic carbocycles. The molecule has 0 amide bonds. The first-order valence-corrected chi connectivity index (χ1v) is 7.72. The second-order valence-electron chi connectivity index (χ2n) is 8.23. The van der Waals surface area contributed by atoms with E-state index in [1.54, 1.807) is 0 Å². The molecule has 0 bridgehead atoms. The van der Waals surface area contributed by atoms with Crippen molar-refractivity contribution >= 4 is 0 Å². The van der Waals surface area contributed by atoms with Crippen molar-refractivity contribution < 1.29 is 0 Å². The number of hydrogen-bond acceptors (Lipinski definition) is 2. The molecule has 106 valence electrons. The third-order valence-electron chi connectivity index (χ3n) is 4.96. The highest BCUT2D eigenvalue weighted by atomic mass is 15.2. The maximum Gasteiger partial charge on any atom is 0.0221 e. The van der Waals surface area contributed by atoms with Crippen molar-refractivity contribution in [1.82, 2.24) is 10.2 Å². The molecular formula is C16H32N2. The van der Waals surface area contributed by atoms with Crippen LogP contribution in [0.25, 0.3) is 0 Å². The topological polar surface area (TPSA) is 15.3 Å². The largest absolute Gasteiger partial charge is 0.315 e. The lowest BCUT2D eigenvalue weighted by molar-refractivity contribution is 0.0133. The molecule has 2 nitrogen and oxygen atoms in total. The fourth-order valence-corrected chi connectivity index (χ4v) is 4.55. The minimum Gasteiger partial charge on any atom is -0.315 e. The summed E-state index contributed by atoms with van der Waals surface area (Å²) in [5.74, 6) is 0. The highest BCUT2D eigenvalue weighted by Crippen LogP contribution is 2.47. The monoisotopic (exact) mass is 252 g/mol. The number of likely N-dealkylation sites (N-methyl/N-ethyl adjacent to an activating group) is 1. The quantitative estimate of drug-likeness (QED) is 0.811. The molecule has 0 radical (unpaired) electrons. The van der Waals surface area contributed by atoms with Gasteiger partial charge in [-0.2, -0.15) is 0 Å². The third-order valence-corrected chi connectivity index (χ3v) is 4.96. The Kier molecular flexibility index (Phi) is 4.08. The Morgan fingerprint density at radius 2 is 1.61 bits per heavy atom. The molecule has 0 aromatic carbocycles. The van der Waals surface area contributed by atoms with Gasteiger partial charge in [-0.05, 0) is 56.5 Å². The summed E-state index contributed by atoms with van der Waals surface area (Å²) in [5, 5.41) is 3.55. The second-order valence-corrected chi connectivity index (χ2v) is 8.23. The summed E-state index contributed by atoms with van der Waals surface area (Å²) in [6.07, 6.45) is 6.81. The van der Waals surface area contributed by atoms with Gasteiger partial charge in [0.25, 0.3) is 0 Å². The standard InChI is InChI=1S/C16H32N2/c1-15(2)9-14(10-16(3,4)12-15)18(5)13-7-6-8-17-11-13/h13-14,17H,6-12H2,1-5H3. The van der Waals surface area contributed by atoms with Gasteiger partial charge >= 0.3 is 0 Å². The molecule has 2 heteroatoms. The molecule has 1 heterocycles. The van der Waals surface area contributed by atoms with E-state index in [-0.39, 0.29) is 0 Å². The van der Waals surface area contributed by atoms with Gasteiger partial charge in [0, 0.05) is 18.6 Å². The molecule has 2 aliphatic rings. The van der Waals surface area contributed by atoms with E-state index in [0.29, 0.717) is 10.8 Å². The lowest BCUT2D eigenvalue weighted by Crippen LogP contribution is -2.52. The molecule has 1 saturated heterocycles. The van der Waals surface area contributed by atoms with Crippen LogP contribution >= 0.6 is 0 Å². The highest BCUT2D eigenvalue weighted by molar-refractivity contribution is 4.94. The van der Waals surface area contributed by atoms with Gasteiger partial charge in [-0.1, -0.05) is 27.7 Å². The minimum absolute atomic E-state index is 0.503. The average molecular weight is 252 g/mol. The summed E-state index contributed by atoms with van der Waals surface area (Å²) in [6.45, 7) is 12.2. The average Bonchev–Trinajstić information content (AvgIpc) is 2.25. The summed E-state index contributed by atoms with van der Waals surface area (Å²) in [5.41, 5.74) is 1.01. The molecule has 18 heavy (non-hydrogen) atoms. The van der Waals surface area contributed by atoms with Crippen molar-refractivity contribution in [3.63, 3.8) is 0 Å². The van der Waals surface area contributed by atoms with E-state index < -0.39 is 0 Å². The zero-order chi connectivity index (χ0) is 13.4. The lowest BCUT2D eigenvalue weighted by Gasteiger charge is -2.50. The first-order chi connectivity index (χ1) is 8.29. The van der Waals surface area contributed by atoms with Crippen LogP contribution in [0.5, 0.6) is 0 Å². The fraction of sp³-hybridized carbons (Fsp3) is 1.00. The predicted octanol–water partition coefficient (Wildman–Crippen LogP) is 3.28. The van der Waals surface area contributed by atoms with Gasteiger partial charge in [0.15, 0.2) is 0 Å². The molecule has 0 spiro atoms. The van der Waals surface area contributed by atoms with Crippen LogP contribution in [0.4, 0.5) is 0 Å². The predicted molar refractivity (Wildman–Crippen MR) is 78.9 cm³/mol. The van der Waals surface area contributed by atoms with Crippen LogP contribution in [0.1, 0.15) is 59.8 Å². The third kappa shape index (κ3) is 3.48. The molecule has 1 N–H and O–H groups in total. The Bertz CT molecular complexity index is 261. The highest BCUT2D eigenvalue weighted by Gasteiger charge is 2.40. The van der Waals surface area contributed by atoms with E-state index >= 15 is 0 Å². The van der Waals surface area contributed by atoms with E-state index in [9.17, 15) is 0 Å². The van der Waals surface area contributed by atoms with Gasteiger partial charge in [0.05, 0.1) is 0 Å². The first kappa shape index (κ1) is 14.3. The van der Waals surface area contributed by atoms with Gasteiger partial charge < -0.3 is 5.32 Å². The number of nitrogens with zero attached hydrogens (tertiary/aromatic N) is 1. The van der Waals surface area contributed by atoms with Crippen LogP contribution in [-0.2, 0) is 0 Å². The van der Waals surface area contributed by atoms with Gasteiger partial charge in [-0.25, -0.2) is 0 Å². The number of piperidine rings is 1. The van der Waals surface area contributed by atoms with E-state index in [0.717, 1.165) is 12.1 Å². The van der Waals surface area contributed by atoms with Crippen molar-refractivity contribution in [2.45, 2.75) is 71.9 Å². The summed E-state index contributed by atoms with van der Waals surface area (Å²) >= 11 is 0. The van der Waals surface area contributed by atoms with Gasteiger partial charge in [0.1, 0.15) is 0 Å². The second kappa shape index (κ2) is 5.13. The van der Waals surface area contributed by atoms with Gasteiger partial charge in [0.2, 0.25) is 0 Å². The van der Waals surface area contributed by atoms with Crippen molar-refractivity contribution in [3.8, 4) is 0 Å². The molecule has 2 rings (SSSR count). The number of nitrogens with one attached hydrogen (secondary N) is 1. The van der Waals surface area contributed by atoms with Crippen LogP contribution in [-0.4, -0.2) is 37.1 Å². The molecule has 1 unspecified atom stereocenters. The van der Waals surface area contributed by atoms with Crippen LogP contribution in [0.3, 0.4) is 0 Å². The Labute approximate surface area is 114 Å². The van der Waals surface area contributed by atoms with Gasteiger partial charge in [-0.15, -0.1) is 0 Å². The Hall–Kier alpha value is -0.0800. The van der Waals surface area contributed by atoms with Crippen molar-refractivity contribution in [2.75, 3.05) is 20.1 Å². The smallest absolute Gasteiger partial charge is 0.0221 e. The molecule has 0 aromatic rings. The lowest BCUT2D eigenvalue weighted by atomic mass is 9.63. The van der Waals surface area contributed by atoms with Gasteiger partial charge in [-0.3, -0.25) is 4.90 Å². The SMILES string of the molecule is CN(C1CCCNC1)C1CC(C)(C)CC(C)(C)C1. The van der Waals surface area contributed by atoms with E-state index in [4.69, 9.17) is 0 Å². The normalized spacial score (nSPS) is 32.7. The number of rotatable bonds is 2. The Morgan fingerprint density at radius 3 is 2.11 bits per heavy atom. The van der Waals surface area contributed by atoms with Crippen molar-refractivity contribution in [1.29, 1.82) is 0 Å². The number of hydrogen-bond donors (Lipinski definition) is 1. The molecule has 1 aliphatic heterocycles. The molecule has 2 fully saturated rings. The maximum atomic E-state index is 3.55. The minimum atomic E-state index is 0.503. The Morgan fingerprint density at radius 1 is 1.00 bits per heavy atom. The summed E-state index contributed by atoms with van der Waals surface area (Å²) in [6, 6.07) is 1.53. The van der Waals surface area contributed by atoms with E-state index in [1.807, 2.05) is 0 Å². The van der Waals surface area contributed by atoms with Crippen LogP contribution < -0.4 is 5.32 Å². The molecular weight excluding hydrogens is 220 g/mol. The fourth-order valence-electron chi connectivity index (χ4n) is 4.55. The molecule has 1 saturated carbocycles. The van der Waals surface area contributed by atoms with Crippen LogP contribution in [0.2, 0.25) is 0 Å². The zero-order valence-electron chi connectivity index (χ0n) is 13.1. The molecule has 0 aromatic heterocycles. The summed E-state index contributed by atoms with van der Waals surface area (Å²) < 4.78 is 0. The Balaban J connectivity index is 2.02. The van der Waals surface area contributed by atoms with Crippen LogP contribution in [0, 0.1) is 10.8 Å². The summed E-state index contributed by atoms with van der Waals surface area (Å²) in [4.78, 5) is 2.69. The zero-order valence-corrected chi connectivity index (χ0v) is 13.1. The van der Waals surface area contributed by atoms with Crippen LogP contribution in [0.15, 0.2) is 0 Å². The van der Waals surface area contributed by atoms with E-state index in [1.165, 1.54) is 45.2 Å². The maximum absolute atomic E-state index is 3.55. The first-order valence-electron chi connectivity index (χ1n) is 7.72.